The Morgan fingerprint density at radius 3 is 2.83 bits per heavy atom. The number of nitrogens with one attached hydrogen (secondary N) is 1. The zero-order valence-electron chi connectivity index (χ0n) is 11.8. The molecule has 0 aliphatic carbocycles. The normalized spacial score (nSPS) is 29.4. The number of carbonyl (C=O) groups is 1. The molecule has 0 aromatic rings. The second kappa shape index (κ2) is 6.53. The molecule has 1 N–H and O–H groups in total. The number of likely N-dealkylation sites (N-methyl/N-ethyl adjacent to an activating group) is 1. The molecule has 0 bridgehead atoms. The van der Waals surface area contributed by atoms with Crippen molar-refractivity contribution in [1.82, 2.24) is 15.1 Å². The van der Waals surface area contributed by atoms with Crippen molar-refractivity contribution in [2.75, 3.05) is 40.3 Å². The Labute approximate surface area is 111 Å². The fourth-order valence-corrected chi connectivity index (χ4v) is 3.08. The predicted molar refractivity (Wildman–Crippen MR) is 73.5 cm³/mol. The highest BCUT2D eigenvalue weighted by atomic mass is 16.2. The predicted octanol–water partition coefficient (Wildman–Crippen LogP) is 0.929. The number of piperidine rings is 1. The zero-order chi connectivity index (χ0) is 13.0. The van der Waals surface area contributed by atoms with E-state index in [2.05, 4.69) is 17.3 Å². The quantitative estimate of drug-likeness (QED) is 0.809. The van der Waals surface area contributed by atoms with E-state index in [1.54, 1.807) is 0 Å². The SMILES string of the molecule is CN1CCC(CCN(C)C(=O)C2CCCCN2)C1. The van der Waals surface area contributed by atoms with Gasteiger partial charge in [-0.25, -0.2) is 0 Å². The maximum atomic E-state index is 12.2. The van der Waals surface area contributed by atoms with Gasteiger partial charge in [0.05, 0.1) is 6.04 Å². The Morgan fingerprint density at radius 1 is 1.39 bits per heavy atom. The highest BCUT2D eigenvalue weighted by Gasteiger charge is 2.25. The smallest absolute Gasteiger partial charge is 0.239 e. The van der Waals surface area contributed by atoms with Crippen LogP contribution in [0.4, 0.5) is 0 Å². The maximum absolute atomic E-state index is 12.2. The van der Waals surface area contributed by atoms with Gasteiger partial charge in [-0.3, -0.25) is 4.79 Å². The Kier molecular flexibility index (Phi) is 5.01. The lowest BCUT2D eigenvalue weighted by molar-refractivity contribution is -0.132. The molecule has 2 heterocycles. The Balaban J connectivity index is 1.70. The first-order chi connectivity index (χ1) is 8.66. The van der Waals surface area contributed by atoms with E-state index in [0.29, 0.717) is 5.91 Å². The van der Waals surface area contributed by atoms with Crippen molar-refractivity contribution in [3.8, 4) is 0 Å². The number of amides is 1. The average molecular weight is 253 g/mol. The standard InChI is InChI=1S/C14H27N3O/c1-16-9-6-12(11-16)7-10-17(2)14(18)13-5-3-4-8-15-13/h12-13,15H,3-11H2,1-2H3. The minimum Gasteiger partial charge on any atom is -0.344 e. The molecule has 2 atom stereocenters. The van der Waals surface area contributed by atoms with Gasteiger partial charge in [0.15, 0.2) is 0 Å². The van der Waals surface area contributed by atoms with Gasteiger partial charge in [-0.05, 0) is 51.7 Å². The first kappa shape index (κ1) is 13.8. The molecule has 2 saturated heterocycles. The van der Waals surface area contributed by atoms with E-state index in [1.807, 2.05) is 11.9 Å². The van der Waals surface area contributed by atoms with Crippen LogP contribution < -0.4 is 5.32 Å². The van der Waals surface area contributed by atoms with Gasteiger partial charge in [-0.2, -0.15) is 0 Å². The monoisotopic (exact) mass is 253 g/mol. The Morgan fingerprint density at radius 2 is 2.22 bits per heavy atom. The van der Waals surface area contributed by atoms with Crippen LogP contribution in [0.2, 0.25) is 0 Å². The zero-order valence-corrected chi connectivity index (χ0v) is 11.8. The van der Waals surface area contributed by atoms with E-state index in [4.69, 9.17) is 0 Å². The molecule has 2 aliphatic rings. The molecular weight excluding hydrogens is 226 g/mol. The Bertz CT molecular complexity index is 276. The summed E-state index contributed by atoms with van der Waals surface area (Å²) in [5, 5.41) is 3.34. The van der Waals surface area contributed by atoms with Crippen LogP contribution in [-0.2, 0) is 4.79 Å². The van der Waals surface area contributed by atoms with E-state index in [9.17, 15) is 4.79 Å². The number of carbonyl (C=O) groups excluding carboxylic acids is 1. The van der Waals surface area contributed by atoms with Crippen molar-refractivity contribution < 1.29 is 4.79 Å². The van der Waals surface area contributed by atoms with Gasteiger partial charge in [-0.15, -0.1) is 0 Å². The number of likely N-dealkylation sites (tertiary alicyclic amines) is 1. The highest BCUT2D eigenvalue weighted by Crippen LogP contribution is 2.18. The molecule has 0 spiro atoms. The van der Waals surface area contributed by atoms with Crippen LogP contribution in [0, 0.1) is 5.92 Å². The highest BCUT2D eigenvalue weighted by molar-refractivity contribution is 5.81. The number of rotatable bonds is 4. The number of hydrogen-bond donors (Lipinski definition) is 1. The Hall–Kier alpha value is -0.610. The van der Waals surface area contributed by atoms with Crippen LogP contribution >= 0.6 is 0 Å². The lowest BCUT2D eigenvalue weighted by atomic mass is 10.0. The van der Waals surface area contributed by atoms with Crippen LogP contribution in [0.1, 0.15) is 32.1 Å². The summed E-state index contributed by atoms with van der Waals surface area (Å²) in [4.78, 5) is 16.5. The van der Waals surface area contributed by atoms with Gasteiger partial charge in [0.1, 0.15) is 0 Å². The molecule has 0 aromatic carbocycles. The van der Waals surface area contributed by atoms with E-state index in [-0.39, 0.29) is 6.04 Å². The van der Waals surface area contributed by atoms with Gasteiger partial charge < -0.3 is 15.1 Å². The van der Waals surface area contributed by atoms with Crippen molar-refractivity contribution >= 4 is 5.91 Å². The van der Waals surface area contributed by atoms with Crippen molar-refractivity contribution in [2.24, 2.45) is 5.92 Å². The van der Waals surface area contributed by atoms with Gasteiger partial charge in [-0.1, -0.05) is 6.42 Å². The fourth-order valence-electron chi connectivity index (χ4n) is 3.08. The second-order valence-electron chi connectivity index (χ2n) is 5.97. The van der Waals surface area contributed by atoms with Gasteiger partial charge in [0, 0.05) is 20.1 Å². The topological polar surface area (TPSA) is 35.6 Å². The number of nitrogens with zero attached hydrogens (tertiary/aromatic N) is 2. The average Bonchev–Trinajstić information content (AvgIpc) is 2.82. The first-order valence-corrected chi connectivity index (χ1v) is 7.33. The van der Waals surface area contributed by atoms with Gasteiger partial charge >= 0.3 is 0 Å². The van der Waals surface area contributed by atoms with E-state index >= 15 is 0 Å². The largest absolute Gasteiger partial charge is 0.344 e. The molecule has 18 heavy (non-hydrogen) atoms. The van der Waals surface area contributed by atoms with Crippen molar-refractivity contribution in [2.45, 2.75) is 38.1 Å². The summed E-state index contributed by atoms with van der Waals surface area (Å²) >= 11 is 0. The minimum absolute atomic E-state index is 0.0787. The van der Waals surface area contributed by atoms with Crippen LogP contribution in [-0.4, -0.2) is 62.0 Å². The van der Waals surface area contributed by atoms with Crippen LogP contribution in [0.15, 0.2) is 0 Å². The van der Waals surface area contributed by atoms with E-state index in [0.717, 1.165) is 31.8 Å². The van der Waals surface area contributed by atoms with E-state index < -0.39 is 0 Å². The lowest BCUT2D eigenvalue weighted by Crippen LogP contribution is -2.47. The minimum atomic E-state index is 0.0787. The summed E-state index contributed by atoms with van der Waals surface area (Å²) in [7, 11) is 4.14. The first-order valence-electron chi connectivity index (χ1n) is 7.33. The van der Waals surface area contributed by atoms with Gasteiger partial charge in [0.25, 0.3) is 0 Å². The maximum Gasteiger partial charge on any atom is 0.239 e. The molecule has 2 aliphatic heterocycles. The molecule has 4 nitrogen and oxygen atoms in total. The molecule has 0 radical (unpaired) electrons. The number of hydrogen-bond acceptors (Lipinski definition) is 3. The molecule has 104 valence electrons. The van der Waals surface area contributed by atoms with Crippen LogP contribution in [0.3, 0.4) is 0 Å². The van der Waals surface area contributed by atoms with Gasteiger partial charge in [0.2, 0.25) is 5.91 Å². The van der Waals surface area contributed by atoms with Crippen molar-refractivity contribution in [1.29, 1.82) is 0 Å². The van der Waals surface area contributed by atoms with Crippen molar-refractivity contribution in [3.05, 3.63) is 0 Å². The summed E-state index contributed by atoms with van der Waals surface area (Å²) in [6.45, 7) is 4.32. The molecule has 2 rings (SSSR count). The summed E-state index contributed by atoms with van der Waals surface area (Å²) < 4.78 is 0. The molecule has 0 aromatic heterocycles. The third-order valence-corrected chi connectivity index (χ3v) is 4.35. The summed E-state index contributed by atoms with van der Waals surface area (Å²) in [6.07, 6.45) is 5.85. The lowest BCUT2D eigenvalue weighted by Gasteiger charge is -2.28. The second-order valence-corrected chi connectivity index (χ2v) is 5.97. The van der Waals surface area contributed by atoms with Crippen LogP contribution in [0.5, 0.6) is 0 Å². The molecule has 2 fully saturated rings. The van der Waals surface area contributed by atoms with E-state index in [1.165, 1.54) is 32.4 Å². The van der Waals surface area contributed by atoms with Crippen molar-refractivity contribution in [3.63, 3.8) is 0 Å². The third kappa shape index (κ3) is 3.69. The third-order valence-electron chi connectivity index (χ3n) is 4.35. The van der Waals surface area contributed by atoms with Crippen LogP contribution in [0.25, 0.3) is 0 Å². The fraction of sp³-hybridized carbons (Fsp3) is 0.929. The molecule has 1 amide bonds. The summed E-state index contributed by atoms with van der Waals surface area (Å²) in [5.41, 5.74) is 0. The molecule has 4 heteroatoms. The molecule has 0 saturated carbocycles. The molecule has 2 unspecified atom stereocenters. The summed E-state index contributed by atoms with van der Waals surface area (Å²) in [6, 6.07) is 0.0787. The summed E-state index contributed by atoms with van der Waals surface area (Å²) in [5.74, 6) is 1.07. The molecular formula is C14H27N3O.